The van der Waals surface area contributed by atoms with Gasteiger partial charge in [-0.05, 0) is 10.8 Å². The Morgan fingerprint density at radius 2 is 1.29 bits per heavy atom. The molecule has 0 bridgehead atoms. The van der Waals surface area contributed by atoms with Crippen LogP contribution in [0.5, 0.6) is 0 Å². The maximum Gasteiger partial charge on any atom is 0.331 e. The summed E-state index contributed by atoms with van der Waals surface area (Å²) in [7, 11) is 0. The fraction of sp³-hybridized carbons (Fsp3) is 0.800. The molecule has 0 radical (unpaired) electrons. The highest BCUT2D eigenvalue weighted by atomic mass is 32.1. The molecule has 6 heteroatoms. The summed E-state index contributed by atoms with van der Waals surface area (Å²) < 4.78 is 0. The number of carboxylic acids is 1. The molecule has 0 saturated carbocycles. The maximum absolute atomic E-state index is 12.2. The van der Waals surface area contributed by atoms with Gasteiger partial charge in [-0.25, -0.2) is 4.79 Å². The Bertz CT molecular complexity index is 434. The van der Waals surface area contributed by atoms with E-state index in [1.807, 2.05) is 20.8 Å². The Balaban J connectivity index is 6.68. The second-order valence-electron chi connectivity index (χ2n) is 7.46. The van der Waals surface area contributed by atoms with Crippen molar-refractivity contribution in [1.29, 1.82) is 0 Å². The lowest BCUT2D eigenvalue weighted by Gasteiger charge is -2.53. The molecule has 0 aliphatic heterocycles. The van der Waals surface area contributed by atoms with E-state index in [0.717, 1.165) is 4.90 Å². The van der Waals surface area contributed by atoms with Gasteiger partial charge in [0.2, 0.25) is 11.8 Å². The van der Waals surface area contributed by atoms with Crippen LogP contribution in [0.3, 0.4) is 0 Å². The van der Waals surface area contributed by atoms with Gasteiger partial charge in [-0.2, -0.15) is 12.6 Å². The van der Waals surface area contributed by atoms with Gasteiger partial charge in [0.1, 0.15) is 0 Å². The van der Waals surface area contributed by atoms with E-state index >= 15 is 0 Å². The molecule has 2 amide bonds. The number of amides is 2. The minimum atomic E-state index is -1.74. The molecule has 122 valence electrons. The summed E-state index contributed by atoms with van der Waals surface area (Å²) in [6.07, 6.45) is 0. The zero-order valence-electron chi connectivity index (χ0n) is 14.1. The lowest BCUT2D eigenvalue weighted by molar-refractivity contribution is -0.175. The van der Waals surface area contributed by atoms with E-state index < -0.39 is 39.4 Å². The van der Waals surface area contributed by atoms with Crippen LogP contribution in [0.2, 0.25) is 0 Å². The molecule has 0 fully saturated rings. The topological polar surface area (TPSA) is 74.7 Å². The molecule has 0 aromatic carbocycles. The average molecular weight is 317 g/mol. The van der Waals surface area contributed by atoms with E-state index in [-0.39, 0.29) is 0 Å². The van der Waals surface area contributed by atoms with E-state index in [2.05, 4.69) is 12.6 Å². The number of imide groups is 1. The lowest BCUT2D eigenvalue weighted by Crippen LogP contribution is -2.71. The van der Waals surface area contributed by atoms with Gasteiger partial charge < -0.3 is 5.11 Å². The Labute approximate surface area is 132 Å². The third-order valence-corrected chi connectivity index (χ3v) is 4.82. The van der Waals surface area contributed by atoms with Crippen LogP contribution >= 0.6 is 12.6 Å². The number of carbonyl (C=O) groups excluding carboxylic acids is 2. The van der Waals surface area contributed by atoms with Crippen LogP contribution in [-0.4, -0.2) is 38.6 Å². The molecule has 21 heavy (non-hydrogen) atoms. The normalized spacial score (nSPS) is 16.8. The van der Waals surface area contributed by atoms with Crippen LogP contribution in [0.1, 0.15) is 55.4 Å². The van der Waals surface area contributed by atoms with Gasteiger partial charge in [-0.15, -0.1) is 0 Å². The number of thiol groups is 1. The van der Waals surface area contributed by atoms with Crippen LogP contribution in [-0.2, 0) is 14.4 Å². The van der Waals surface area contributed by atoms with Crippen molar-refractivity contribution in [3.05, 3.63) is 0 Å². The zero-order chi connectivity index (χ0) is 17.4. The summed E-state index contributed by atoms with van der Waals surface area (Å²) in [5, 5.41) is 9.23. The van der Waals surface area contributed by atoms with Crippen molar-refractivity contribution in [2.24, 2.45) is 10.8 Å². The monoisotopic (exact) mass is 317 g/mol. The van der Waals surface area contributed by atoms with Gasteiger partial charge in [-0.1, -0.05) is 41.5 Å². The fourth-order valence-corrected chi connectivity index (χ4v) is 3.36. The predicted molar refractivity (Wildman–Crippen MR) is 85.3 cm³/mol. The van der Waals surface area contributed by atoms with Crippen LogP contribution in [0.15, 0.2) is 0 Å². The molecule has 0 spiro atoms. The van der Waals surface area contributed by atoms with Crippen molar-refractivity contribution in [1.82, 2.24) is 4.90 Å². The highest BCUT2D eigenvalue weighted by Gasteiger charge is 2.62. The molecule has 0 aliphatic rings. The van der Waals surface area contributed by atoms with Crippen LogP contribution < -0.4 is 0 Å². The molecule has 0 saturated heterocycles. The first-order valence-corrected chi connectivity index (χ1v) is 7.36. The Morgan fingerprint density at radius 3 is 1.43 bits per heavy atom. The SMILES string of the molecule is CC(=O)N(C(C)=O)[C@](C(=O)O)(C(S)C(C)(C)C)C(C)(C)C. The van der Waals surface area contributed by atoms with Gasteiger partial charge in [-0.3, -0.25) is 14.5 Å². The fourth-order valence-electron chi connectivity index (χ4n) is 2.75. The Hall–Kier alpha value is -1.04. The third-order valence-electron chi connectivity index (χ3n) is 3.67. The minimum Gasteiger partial charge on any atom is -0.479 e. The highest BCUT2D eigenvalue weighted by Crippen LogP contribution is 2.47. The quantitative estimate of drug-likeness (QED) is 0.785. The first kappa shape index (κ1) is 20.0. The molecule has 1 unspecified atom stereocenters. The predicted octanol–water partition coefficient (Wildman–Crippen LogP) is 2.60. The summed E-state index contributed by atoms with van der Waals surface area (Å²) >= 11 is 4.53. The van der Waals surface area contributed by atoms with E-state index in [0.29, 0.717) is 0 Å². The first-order valence-electron chi connectivity index (χ1n) is 6.84. The van der Waals surface area contributed by atoms with Crippen molar-refractivity contribution in [3.8, 4) is 0 Å². The smallest absolute Gasteiger partial charge is 0.331 e. The number of rotatable bonds is 3. The van der Waals surface area contributed by atoms with E-state index in [4.69, 9.17) is 0 Å². The van der Waals surface area contributed by atoms with Gasteiger partial charge in [0, 0.05) is 19.1 Å². The molecule has 0 aromatic heterocycles. The van der Waals surface area contributed by atoms with Crippen LogP contribution in [0, 0.1) is 10.8 Å². The van der Waals surface area contributed by atoms with Crippen LogP contribution in [0.4, 0.5) is 0 Å². The van der Waals surface area contributed by atoms with Gasteiger partial charge in [0.05, 0.1) is 0 Å². The molecule has 1 N–H and O–H groups in total. The second-order valence-corrected chi connectivity index (χ2v) is 7.98. The van der Waals surface area contributed by atoms with Gasteiger partial charge >= 0.3 is 5.97 Å². The largest absolute Gasteiger partial charge is 0.479 e. The Kier molecular flexibility index (Phi) is 5.69. The first-order chi connectivity index (χ1) is 9.11. The van der Waals surface area contributed by atoms with Crippen molar-refractivity contribution in [2.45, 2.75) is 66.2 Å². The molecule has 5 nitrogen and oxygen atoms in total. The van der Waals surface area contributed by atoms with Crippen molar-refractivity contribution in [3.63, 3.8) is 0 Å². The maximum atomic E-state index is 12.2. The highest BCUT2D eigenvalue weighted by molar-refractivity contribution is 7.81. The number of carboxylic acid groups (broad SMARTS) is 1. The number of hydrogen-bond donors (Lipinski definition) is 2. The summed E-state index contributed by atoms with van der Waals surface area (Å²) in [6, 6.07) is 0. The number of carbonyl (C=O) groups is 3. The third kappa shape index (κ3) is 3.42. The molecule has 2 atom stereocenters. The standard InChI is InChI=1S/C15H27NO4S/c1-9(17)16(10(2)18)15(12(19)20,14(6,7)8)11(21)13(3,4)5/h11,21H,1-8H3,(H,19,20)/t11?,15-/m0/s1. The Morgan fingerprint density at radius 1 is 0.952 bits per heavy atom. The number of nitrogens with zero attached hydrogens (tertiary/aromatic N) is 1. The molecular weight excluding hydrogens is 290 g/mol. The van der Waals surface area contributed by atoms with Gasteiger partial charge in [0.15, 0.2) is 5.54 Å². The van der Waals surface area contributed by atoms with Gasteiger partial charge in [0.25, 0.3) is 0 Å². The molecule has 0 heterocycles. The van der Waals surface area contributed by atoms with Crippen LogP contribution in [0.25, 0.3) is 0 Å². The van der Waals surface area contributed by atoms with Crippen molar-refractivity contribution in [2.75, 3.05) is 0 Å². The molecule has 0 aromatic rings. The average Bonchev–Trinajstić information content (AvgIpc) is 2.19. The number of aliphatic carboxylic acids is 1. The molecule has 0 aliphatic carbocycles. The summed E-state index contributed by atoms with van der Waals surface area (Å²) in [4.78, 5) is 37.1. The van der Waals surface area contributed by atoms with E-state index in [9.17, 15) is 19.5 Å². The molecular formula is C15H27NO4S. The lowest BCUT2D eigenvalue weighted by atomic mass is 9.64. The van der Waals surface area contributed by atoms with E-state index in [1.165, 1.54) is 13.8 Å². The zero-order valence-corrected chi connectivity index (χ0v) is 15.0. The minimum absolute atomic E-state index is 0.530. The summed E-state index contributed by atoms with van der Waals surface area (Å²) in [6.45, 7) is 13.0. The second kappa shape index (κ2) is 5.99. The van der Waals surface area contributed by atoms with E-state index in [1.54, 1.807) is 20.8 Å². The summed E-state index contributed by atoms with van der Waals surface area (Å²) in [5.74, 6) is -2.42. The van der Waals surface area contributed by atoms with Crippen molar-refractivity contribution >= 4 is 30.4 Å². The molecule has 0 rings (SSSR count). The summed E-state index contributed by atoms with van der Waals surface area (Å²) in [5.41, 5.74) is -3.17. The van der Waals surface area contributed by atoms with Crippen molar-refractivity contribution < 1.29 is 19.5 Å². The number of hydrogen-bond acceptors (Lipinski definition) is 4.